The van der Waals surface area contributed by atoms with Gasteiger partial charge in [0.2, 0.25) is 6.79 Å². The summed E-state index contributed by atoms with van der Waals surface area (Å²) < 4.78 is 35.5. The summed E-state index contributed by atoms with van der Waals surface area (Å²) in [5, 5.41) is 36.8. The number of methoxy groups -OCH3 is 2. The van der Waals surface area contributed by atoms with Gasteiger partial charge in [-0.25, -0.2) is 4.79 Å². The van der Waals surface area contributed by atoms with Crippen molar-refractivity contribution in [2.45, 2.75) is 81.5 Å². The number of aryl methyl sites for hydroxylation is 1. The SMILES string of the molecule is COc1cc2c(cc1O)CCN[C@]21CSC(c2cc3c(c(C)c2OC(C)=O)OCO3)[C@H]2C3c4c(cc(C)c(OC)c4O)CC([C@H](C#N)N2C(C)COC1=O)N3C. The molecule has 7 atom stereocenters. The van der Waals surface area contributed by atoms with Crippen LogP contribution in [0.2, 0.25) is 0 Å². The Bertz CT molecular complexity index is 2170. The third-order valence-corrected chi connectivity index (χ3v) is 13.6. The van der Waals surface area contributed by atoms with E-state index < -0.39 is 46.9 Å². The lowest BCUT2D eigenvalue weighted by Gasteiger charge is -2.59. The van der Waals surface area contributed by atoms with Crippen LogP contribution in [-0.2, 0) is 32.7 Å². The minimum atomic E-state index is -1.39. The first-order chi connectivity index (χ1) is 26.8. The highest BCUT2D eigenvalue weighted by Crippen LogP contribution is 2.58. The molecule has 5 aliphatic heterocycles. The maximum absolute atomic E-state index is 14.7. The van der Waals surface area contributed by atoms with Crippen LogP contribution in [0.25, 0.3) is 0 Å². The van der Waals surface area contributed by atoms with Gasteiger partial charge in [0.15, 0.2) is 40.0 Å². The van der Waals surface area contributed by atoms with Crippen LogP contribution in [0, 0.1) is 25.2 Å². The van der Waals surface area contributed by atoms with Gasteiger partial charge in [0, 0.05) is 54.0 Å². The number of cyclic esters (lactones) is 1. The number of nitrogens with one attached hydrogen (secondary N) is 1. The zero-order valence-electron chi connectivity index (χ0n) is 32.4. The number of fused-ring (bicyclic) bond motifs is 9. The molecule has 0 aliphatic carbocycles. The van der Waals surface area contributed by atoms with Crippen LogP contribution >= 0.6 is 11.8 Å². The van der Waals surface area contributed by atoms with E-state index in [0.29, 0.717) is 64.6 Å². The molecule has 3 aromatic carbocycles. The number of phenolic OH excluding ortho intramolecular Hbond substituents is 2. The molecule has 4 unspecified atom stereocenters. The molecule has 0 amide bonds. The van der Waals surface area contributed by atoms with Crippen molar-refractivity contribution in [1.29, 1.82) is 5.26 Å². The summed E-state index contributed by atoms with van der Waals surface area (Å²) in [6.07, 6.45) is 1.04. The lowest BCUT2D eigenvalue weighted by atomic mass is 9.74. The number of aromatic hydroxyl groups is 2. The number of hydrogen-bond acceptors (Lipinski definition) is 15. The summed E-state index contributed by atoms with van der Waals surface area (Å²) in [6.45, 7) is 7.35. The number of thioether (sulfide) groups is 1. The number of phenols is 2. The molecule has 5 aliphatic rings. The Balaban J connectivity index is 1.41. The highest BCUT2D eigenvalue weighted by molar-refractivity contribution is 7.99. The van der Waals surface area contributed by atoms with Crippen molar-refractivity contribution in [3.05, 3.63) is 63.2 Å². The van der Waals surface area contributed by atoms with Crippen LogP contribution in [-0.4, -0.2) is 103 Å². The molecule has 296 valence electrons. The third kappa shape index (κ3) is 5.71. The lowest BCUT2D eigenvalue weighted by Crippen LogP contribution is -2.69. The average Bonchev–Trinajstić information content (AvgIpc) is 3.64. The maximum atomic E-state index is 14.7. The van der Waals surface area contributed by atoms with Crippen molar-refractivity contribution >= 4 is 23.7 Å². The van der Waals surface area contributed by atoms with Crippen LogP contribution < -0.4 is 29.0 Å². The molecule has 14 nitrogen and oxygen atoms in total. The van der Waals surface area contributed by atoms with Crippen molar-refractivity contribution in [3.8, 4) is 46.3 Å². The maximum Gasteiger partial charge on any atom is 0.331 e. The fourth-order valence-electron chi connectivity index (χ4n) is 9.69. The molecule has 2 fully saturated rings. The standard InChI is InChI=1S/C41H46N4O10S/c1-19-10-24-11-27-28(15-42)45-20(2)16-52-40(49)41(26-14-30(50-6)29(47)12-23(26)8-9-43-41)17-56-39(34(45)33(44(27)5)32(24)35(48)36(19)51-7)25-13-31-38(54-18-53-31)21(3)37(25)55-22(4)46/h10,12-14,20,27-28,33-34,39,43,47-48H,8-9,11,16-18H2,1-7H3/t20?,27?,28-,33?,34+,39?,41+/m0/s1. The monoisotopic (exact) mass is 786 g/mol. The van der Waals surface area contributed by atoms with Crippen LogP contribution in [0.3, 0.4) is 0 Å². The lowest BCUT2D eigenvalue weighted by molar-refractivity contribution is -0.156. The largest absolute Gasteiger partial charge is 0.504 e. The highest BCUT2D eigenvalue weighted by Gasteiger charge is 2.57. The topological polar surface area (TPSA) is 172 Å². The van der Waals surface area contributed by atoms with Gasteiger partial charge < -0.3 is 38.6 Å². The summed E-state index contributed by atoms with van der Waals surface area (Å²) in [6, 6.07) is 7.27. The Labute approximate surface area is 329 Å². The molecule has 5 heterocycles. The molecule has 8 rings (SSSR count). The normalized spacial score (nSPS) is 28.3. The van der Waals surface area contributed by atoms with E-state index in [1.807, 2.05) is 40.0 Å². The van der Waals surface area contributed by atoms with E-state index >= 15 is 0 Å². The number of hydrogen-bond donors (Lipinski definition) is 3. The smallest absolute Gasteiger partial charge is 0.331 e. The number of rotatable bonds is 4. The van der Waals surface area contributed by atoms with Crippen LogP contribution in [0.1, 0.15) is 64.1 Å². The molecule has 15 heteroatoms. The summed E-state index contributed by atoms with van der Waals surface area (Å²) in [7, 11) is 4.97. The van der Waals surface area contributed by atoms with Gasteiger partial charge in [0.25, 0.3) is 0 Å². The van der Waals surface area contributed by atoms with Crippen LogP contribution in [0.15, 0.2) is 24.3 Å². The van der Waals surface area contributed by atoms with Crippen molar-refractivity contribution in [3.63, 3.8) is 0 Å². The molecule has 2 saturated heterocycles. The zero-order chi connectivity index (χ0) is 39.8. The van der Waals surface area contributed by atoms with Gasteiger partial charge in [0.1, 0.15) is 18.4 Å². The van der Waals surface area contributed by atoms with E-state index in [-0.39, 0.29) is 42.4 Å². The van der Waals surface area contributed by atoms with E-state index in [0.717, 1.165) is 16.7 Å². The Morgan fingerprint density at radius 2 is 1.88 bits per heavy atom. The van der Waals surface area contributed by atoms with E-state index in [9.17, 15) is 25.1 Å². The summed E-state index contributed by atoms with van der Waals surface area (Å²) >= 11 is 1.45. The van der Waals surface area contributed by atoms with Crippen molar-refractivity contribution in [2.75, 3.05) is 47.0 Å². The first kappa shape index (κ1) is 38.0. The van der Waals surface area contributed by atoms with E-state index in [1.54, 1.807) is 12.1 Å². The molecule has 1 spiro atoms. The van der Waals surface area contributed by atoms with Crippen LogP contribution in [0.5, 0.6) is 40.2 Å². The number of nitriles is 1. The van der Waals surface area contributed by atoms with Gasteiger partial charge in [-0.3, -0.25) is 19.9 Å². The Kier molecular flexibility index (Phi) is 9.67. The predicted octanol–water partition coefficient (Wildman–Crippen LogP) is 4.32. The van der Waals surface area contributed by atoms with Gasteiger partial charge >= 0.3 is 11.9 Å². The molecule has 0 aromatic heterocycles. The number of likely N-dealkylation sites (N-methyl/N-ethyl adjacent to an activating group) is 1. The quantitative estimate of drug-likeness (QED) is 0.252. The second-order valence-electron chi connectivity index (χ2n) is 15.2. The van der Waals surface area contributed by atoms with E-state index in [4.69, 9.17) is 28.4 Å². The molecule has 0 saturated carbocycles. The number of benzene rings is 3. The van der Waals surface area contributed by atoms with Gasteiger partial charge in [-0.15, -0.1) is 11.8 Å². The Morgan fingerprint density at radius 1 is 1.09 bits per heavy atom. The molecule has 56 heavy (non-hydrogen) atoms. The van der Waals surface area contributed by atoms with Crippen molar-refractivity contribution < 1.29 is 48.2 Å². The molecular weight excluding hydrogens is 741 g/mol. The Hall–Kier alpha value is -4.88. The zero-order valence-corrected chi connectivity index (χ0v) is 33.2. The molecular formula is C41H46N4O10S. The fraction of sp³-hybridized carbons (Fsp3) is 0.488. The van der Waals surface area contributed by atoms with Gasteiger partial charge in [-0.05, 0) is 81.1 Å². The second-order valence-corrected chi connectivity index (χ2v) is 16.4. The highest BCUT2D eigenvalue weighted by atomic mass is 32.2. The minimum absolute atomic E-state index is 0.0161. The van der Waals surface area contributed by atoms with Gasteiger partial charge in [-0.1, -0.05) is 6.07 Å². The molecule has 0 radical (unpaired) electrons. The number of carbonyl (C=O) groups is 2. The molecule has 3 N–H and O–H groups in total. The van der Waals surface area contributed by atoms with E-state index in [1.165, 1.54) is 32.9 Å². The summed E-state index contributed by atoms with van der Waals surface area (Å²) in [5.74, 6) is 0.908. The predicted molar refractivity (Wildman–Crippen MR) is 205 cm³/mol. The summed E-state index contributed by atoms with van der Waals surface area (Å²) in [5.41, 5.74) is 3.57. The first-order valence-electron chi connectivity index (χ1n) is 18.7. The Morgan fingerprint density at radius 3 is 2.59 bits per heavy atom. The van der Waals surface area contributed by atoms with Gasteiger partial charge in [-0.2, -0.15) is 5.26 Å². The summed E-state index contributed by atoms with van der Waals surface area (Å²) in [4.78, 5) is 31.9. The van der Waals surface area contributed by atoms with Gasteiger partial charge in [0.05, 0.1) is 31.6 Å². The fourth-order valence-corrected chi connectivity index (χ4v) is 11.3. The minimum Gasteiger partial charge on any atom is -0.504 e. The number of esters is 2. The van der Waals surface area contributed by atoms with E-state index in [2.05, 4.69) is 21.2 Å². The number of ether oxygens (including phenoxy) is 6. The van der Waals surface area contributed by atoms with Crippen molar-refractivity contribution in [1.82, 2.24) is 15.1 Å². The third-order valence-electron chi connectivity index (χ3n) is 12.2. The second kappa shape index (κ2) is 14.3. The number of carbonyl (C=O) groups excluding carboxylic acids is 2. The number of nitrogens with zero attached hydrogens (tertiary/aromatic N) is 3. The number of piperazine rings is 1. The first-order valence-corrected chi connectivity index (χ1v) is 19.7. The van der Waals surface area contributed by atoms with Crippen LogP contribution in [0.4, 0.5) is 0 Å². The molecule has 2 bridgehead atoms. The average molecular weight is 787 g/mol. The van der Waals surface area contributed by atoms with Crippen molar-refractivity contribution in [2.24, 2.45) is 0 Å². The molecule has 3 aromatic rings.